The molecule has 1 atom stereocenters. The lowest BCUT2D eigenvalue weighted by atomic mass is 10.1. The van der Waals surface area contributed by atoms with Gasteiger partial charge in [-0.2, -0.15) is 0 Å². The fourth-order valence-electron chi connectivity index (χ4n) is 8.60. The van der Waals surface area contributed by atoms with Crippen LogP contribution in [0.2, 0.25) is 0 Å². The van der Waals surface area contributed by atoms with Crippen molar-refractivity contribution in [3.8, 4) is 0 Å². The molecule has 0 fully saturated rings. The molecule has 6 nitrogen and oxygen atoms in total. The topological polar surface area (TPSA) is 78.9 Å². The summed E-state index contributed by atoms with van der Waals surface area (Å²) in [7, 11) is 0. The van der Waals surface area contributed by atoms with Gasteiger partial charge in [0.05, 0.1) is 0 Å². The van der Waals surface area contributed by atoms with Crippen LogP contribution >= 0.6 is 0 Å². The Hall–Kier alpha value is -2.37. The standard InChI is InChI=1S/C61H112O6/c1-4-7-10-13-16-19-22-25-28-30-33-36-39-42-45-48-51-54-60(63)66-57-58(56-65-59(62)53-50-47-44-41-38-35-32-27-24-21-18-15-12-9-6-3)67-61(64)55-52-49-46-43-40-37-34-31-29-26-23-20-17-14-11-8-5-2/h25-29,32,58H,4-24,30-31,33-57H2,1-3H3/b28-25-,29-26-,32-27-/t58-/m1/s1. The van der Waals surface area contributed by atoms with Crippen molar-refractivity contribution in [3.63, 3.8) is 0 Å². The first kappa shape index (κ1) is 64.6. The lowest BCUT2D eigenvalue weighted by molar-refractivity contribution is -0.167. The highest BCUT2D eigenvalue weighted by Gasteiger charge is 2.19. The third kappa shape index (κ3) is 54.4. The number of carbonyl (C=O) groups is 3. The summed E-state index contributed by atoms with van der Waals surface area (Å²) in [5.74, 6) is -0.877. The molecule has 0 saturated carbocycles. The Labute approximate surface area is 416 Å². The van der Waals surface area contributed by atoms with Gasteiger partial charge >= 0.3 is 17.9 Å². The molecule has 0 aromatic rings. The molecule has 0 saturated heterocycles. The molecule has 0 spiro atoms. The van der Waals surface area contributed by atoms with Crippen LogP contribution in [0.3, 0.4) is 0 Å². The molecule has 0 aliphatic carbocycles. The quantitative estimate of drug-likeness (QED) is 0.0262. The van der Waals surface area contributed by atoms with E-state index in [0.717, 1.165) is 64.2 Å². The van der Waals surface area contributed by atoms with Gasteiger partial charge in [0.15, 0.2) is 6.10 Å². The van der Waals surface area contributed by atoms with E-state index < -0.39 is 6.10 Å². The number of hydrogen-bond acceptors (Lipinski definition) is 6. The molecule has 0 aliphatic rings. The van der Waals surface area contributed by atoms with Crippen LogP contribution in [0.1, 0.15) is 316 Å². The van der Waals surface area contributed by atoms with Crippen molar-refractivity contribution in [3.05, 3.63) is 36.5 Å². The molecule has 67 heavy (non-hydrogen) atoms. The number of ether oxygens (including phenoxy) is 3. The van der Waals surface area contributed by atoms with Crippen molar-refractivity contribution in [2.24, 2.45) is 0 Å². The molecule has 0 amide bonds. The average Bonchev–Trinajstić information content (AvgIpc) is 3.33. The zero-order chi connectivity index (χ0) is 48.6. The van der Waals surface area contributed by atoms with Gasteiger partial charge in [-0.1, -0.05) is 237 Å². The van der Waals surface area contributed by atoms with E-state index in [-0.39, 0.29) is 31.1 Å². The lowest BCUT2D eigenvalue weighted by Gasteiger charge is -2.18. The number of unbranched alkanes of at least 4 members (excludes halogenated alkanes) is 37. The van der Waals surface area contributed by atoms with Gasteiger partial charge in [0.2, 0.25) is 0 Å². The summed E-state index contributed by atoms with van der Waals surface area (Å²) in [6.45, 7) is 6.65. The Balaban J connectivity index is 4.37. The van der Waals surface area contributed by atoms with Gasteiger partial charge in [-0.15, -0.1) is 0 Å². The zero-order valence-corrected chi connectivity index (χ0v) is 44.9. The summed E-state index contributed by atoms with van der Waals surface area (Å²) in [5, 5.41) is 0. The smallest absolute Gasteiger partial charge is 0.306 e. The van der Waals surface area contributed by atoms with E-state index in [0.29, 0.717) is 19.3 Å². The van der Waals surface area contributed by atoms with Gasteiger partial charge in [-0.25, -0.2) is 0 Å². The number of rotatable bonds is 54. The summed E-state index contributed by atoms with van der Waals surface area (Å²) in [6, 6.07) is 0. The predicted octanol–water partition coefficient (Wildman–Crippen LogP) is 19.7. The minimum atomic E-state index is -0.778. The normalized spacial score (nSPS) is 12.2. The van der Waals surface area contributed by atoms with Crippen molar-refractivity contribution in [2.45, 2.75) is 322 Å². The second kappa shape index (κ2) is 56.2. The maximum Gasteiger partial charge on any atom is 0.306 e. The van der Waals surface area contributed by atoms with E-state index in [9.17, 15) is 14.4 Å². The first-order chi connectivity index (χ1) is 33.0. The maximum atomic E-state index is 12.9. The SMILES string of the molecule is CCCCCCCC/C=C\CCCCCCCCCC(=O)OC[C@@H](COC(=O)CCCCCCC/C=C\CCCCCCCC)OC(=O)CCCCCCCCC/C=C\CCCCCCCC. The summed E-state index contributed by atoms with van der Waals surface area (Å²) in [5.41, 5.74) is 0. The summed E-state index contributed by atoms with van der Waals surface area (Å²) < 4.78 is 16.9. The Kier molecular flexibility index (Phi) is 54.2. The van der Waals surface area contributed by atoms with Crippen LogP contribution in [0.4, 0.5) is 0 Å². The molecule has 0 rings (SSSR count). The van der Waals surface area contributed by atoms with Gasteiger partial charge in [-0.05, 0) is 96.3 Å². The van der Waals surface area contributed by atoms with Crippen molar-refractivity contribution in [1.82, 2.24) is 0 Å². The molecule has 0 radical (unpaired) electrons. The van der Waals surface area contributed by atoms with Crippen LogP contribution in [0, 0.1) is 0 Å². The zero-order valence-electron chi connectivity index (χ0n) is 44.9. The fourth-order valence-corrected chi connectivity index (χ4v) is 8.60. The second-order valence-corrected chi connectivity index (χ2v) is 19.9. The number of allylic oxidation sites excluding steroid dienone is 6. The first-order valence-corrected chi connectivity index (χ1v) is 29.5. The lowest BCUT2D eigenvalue weighted by Crippen LogP contribution is -2.30. The van der Waals surface area contributed by atoms with Crippen LogP contribution in [0.15, 0.2) is 36.5 Å². The van der Waals surface area contributed by atoms with E-state index in [1.54, 1.807) is 0 Å². The molecule has 0 aliphatic heterocycles. The van der Waals surface area contributed by atoms with Gasteiger partial charge in [0.25, 0.3) is 0 Å². The minimum absolute atomic E-state index is 0.0765. The average molecular weight is 942 g/mol. The minimum Gasteiger partial charge on any atom is -0.462 e. The van der Waals surface area contributed by atoms with Crippen LogP contribution in [-0.4, -0.2) is 37.2 Å². The number of hydrogen-bond donors (Lipinski definition) is 0. The summed E-state index contributed by atoms with van der Waals surface area (Å²) in [4.78, 5) is 38.2. The predicted molar refractivity (Wildman–Crippen MR) is 289 cm³/mol. The Morgan fingerprint density at radius 2 is 0.493 bits per heavy atom. The van der Waals surface area contributed by atoms with E-state index in [2.05, 4.69) is 57.2 Å². The van der Waals surface area contributed by atoms with Crippen molar-refractivity contribution in [1.29, 1.82) is 0 Å². The molecule has 0 unspecified atom stereocenters. The Morgan fingerprint density at radius 1 is 0.284 bits per heavy atom. The van der Waals surface area contributed by atoms with Crippen LogP contribution < -0.4 is 0 Å². The summed E-state index contributed by atoms with van der Waals surface area (Å²) in [6.07, 6.45) is 67.0. The number of esters is 3. The molecule has 0 heterocycles. The molecular formula is C61H112O6. The largest absolute Gasteiger partial charge is 0.462 e. The second-order valence-electron chi connectivity index (χ2n) is 19.9. The first-order valence-electron chi connectivity index (χ1n) is 29.5. The molecule has 0 bridgehead atoms. The summed E-state index contributed by atoms with van der Waals surface area (Å²) >= 11 is 0. The van der Waals surface area contributed by atoms with Gasteiger partial charge in [0.1, 0.15) is 13.2 Å². The molecule has 0 N–H and O–H groups in total. The van der Waals surface area contributed by atoms with E-state index in [1.165, 1.54) is 212 Å². The van der Waals surface area contributed by atoms with Gasteiger partial charge < -0.3 is 14.2 Å². The Morgan fingerprint density at radius 3 is 0.746 bits per heavy atom. The van der Waals surface area contributed by atoms with Crippen LogP contribution in [0.25, 0.3) is 0 Å². The number of carbonyl (C=O) groups excluding carboxylic acids is 3. The highest BCUT2D eigenvalue weighted by atomic mass is 16.6. The molecular weight excluding hydrogens is 829 g/mol. The molecule has 0 aromatic carbocycles. The monoisotopic (exact) mass is 941 g/mol. The van der Waals surface area contributed by atoms with E-state index in [1.807, 2.05) is 0 Å². The fraction of sp³-hybridized carbons (Fsp3) is 0.852. The van der Waals surface area contributed by atoms with E-state index >= 15 is 0 Å². The van der Waals surface area contributed by atoms with Crippen LogP contribution in [0.5, 0.6) is 0 Å². The van der Waals surface area contributed by atoms with Crippen molar-refractivity contribution >= 4 is 17.9 Å². The highest BCUT2D eigenvalue weighted by molar-refractivity contribution is 5.71. The van der Waals surface area contributed by atoms with Crippen LogP contribution in [-0.2, 0) is 28.6 Å². The third-order valence-corrected chi connectivity index (χ3v) is 13.1. The van der Waals surface area contributed by atoms with E-state index in [4.69, 9.17) is 14.2 Å². The molecule has 6 heteroatoms. The van der Waals surface area contributed by atoms with Crippen molar-refractivity contribution < 1.29 is 28.6 Å². The van der Waals surface area contributed by atoms with Gasteiger partial charge in [-0.3, -0.25) is 14.4 Å². The maximum absolute atomic E-state index is 12.9. The third-order valence-electron chi connectivity index (χ3n) is 13.1. The Bertz CT molecular complexity index is 1130. The van der Waals surface area contributed by atoms with Gasteiger partial charge in [0, 0.05) is 19.3 Å². The molecule has 392 valence electrons. The van der Waals surface area contributed by atoms with Crippen molar-refractivity contribution in [2.75, 3.05) is 13.2 Å². The highest BCUT2D eigenvalue weighted by Crippen LogP contribution is 2.16. The molecule has 0 aromatic heterocycles.